The predicted octanol–water partition coefficient (Wildman–Crippen LogP) is -2.51. The molecule has 0 fully saturated rings. The molecule has 1 aromatic rings. The van der Waals surface area contributed by atoms with Crippen LogP contribution in [0.2, 0.25) is 0 Å². The highest BCUT2D eigenvalue weighted by Gasteiger charge is 2.11. The maximum Gasteiger partial charge on any atom is 0.466 e. The maximum atomic E-state index is 11.0. The minimum Gasteiger partial charge on any atom is -0.393 e. The molecule has 1 unspecified atom stereocenters. The maximum absolute atomic E-state index is 11.0. The van der Waals surface area contributed by atoms with Gasteiger partial charge in [-0.25, -0.2) is 9.55 Å². The number of nitrogens with one attached hydrogen (secondary N) is 2. The normalized spacial score (nSPS) is 12.3. The van der Waals surface area contributed by atoms with Crippen molar-refractivity contribution in [1.82, 2.24) is 15.3 Å². The van der Waals surface area contributed by atoms with Crippen LogP contribution in [0.3, 0.4) is 0 Å². The third-order valence-electron chi connectivity index (χ3n) is 1.72. The Bertz CT molecular complexity index is 396. The second-order valence-corrected chi connectivity index (χ2v) is 4.36. The Morgan fingerprint density at radius 3 is 2.47 bits per heavy atom. The number of carbonyl (C=O) groups excluding carboxylic acids is 1. The predicted molar refractivity (Wildman–Crippen MR) is 62.7 cm³/mol. The number of aliphatic hydroxyl groups is 2. The Hall–Kier alpha value is -1.29. The van der Waals surface area contributed by atoms with Crippen LogP contribution in [0.1, 0.15) is 5.69 Å². The Morgan fingerprint density at radius 2 is 2.05 bits per heavy atom. The minimum atomic E-state index is -4.64. The van der Waals surface area contributed by atoms with E-state index in [2.05, 4.69) is 15.3 Å². The number of phosphoric acid groups is 1. The molecular formula is C8H16N3O7P. The molecule has 0 saturated carbocycles. The number of hydrogen-bond acceptors (Lipinski definition) is 5. The zero-order valence-corrected chi connectivity index (χ0v) is 10.7. The molecular weight excluding hydrogens is 281 g/mol. The van der Waals surface area contributed by atoms with Crippen molar-refractivity contribution in [3.05, 3.63) is 18.2 Å². The first-order valence-electron chi connectivity index (χ1n) is 5.06. The summed E-state index contributed by atoms with van der Waals surface area (Å²) in [5, 5.41) is 19.8. The van der Waals surface area contributed by atoms with Crippen molar-refractivity contribution in [3.8, 4) is 0 Å². The highest BCUT2D eigenvalue weighted by Crippen LogP contribution is 2.25. The molecule has 7 N–H and O–H groups in total. The van der Waals surface area contributed by atoms with Crippen LogP contribution in [0.15, 0.2) is 12.5 Å². The van der Waals surface area contributed by atoms with Crippen LogP contribution in [0, 0.1) is 0 Å². The van der Waals surface area contributed by atoms with E-state index in [1.54, 1.807) is 12.5 Å². The van der Waals surface area contributed by atoms with Gasteiger partial charge in [-0.05, 0) is 0 Å². The molecule has 0 aliphatic rings. The summed E-state index contributed by atoms with van der Waals surface area (Å²) in [5.74, 6) is -0.563. The number of nitrogens with zero attached hydrogens (tertiary/aromatic N) is 1. The van der Waals surface area contributed by atoms with Gasteiger partial charge in [-0.3, -0.25) is 4.79 Å². The number of aliphatic hydroxyl groups excluding tert-OH is 2. The molecule has 0 bridgehead atoms. The molecule has 1 amide bonds. The summed E-state index contributed by atoms with van der Waals surface area (Å²) in [6.07, 6.45) is 2.50. The molecule has 0 saturated heterocycles. The first kappa shape index (κ1) is 17.7. The van der Waals surface area contributed by atoms with Gasteiger partial charge in [0.25, 0.3) is 5.91 Å². The van der Waals surface area contributed by atoms with Crippen molar-refractivity contribution >= 4 is 13.7 Å². The van der Waals surface area contributed by atoms with Crippen LogP contribution in [0.5, 0.6) is 0 Å². The number of aromatic nitrogens is 2. The Labute approximate surface area is 108 Å². The van der Waals surface area contributed by atoms with Gasteiger partial charge in [-0.2, -0.15) is 0 Å². The fourth-order valence-electron chi connectivity index (χ4n) is 0.942. The summed E-state index contributed by atoms with van der Waals surface area (Å²) >= 11 is 0. The number of imidazole rings is 1. The van der Waals surface area contributed by atoms with E-state index in [-0.39, 0.29) is 0 Å². The lowest BCUT2D eigenvalue weighted by Crippen LogP contribution is -2.37. The molecule has 1 rings (SSSR count). The molecule has 1 atom stereocenters. The second kappa shape index (κ2) is 8.75. The molecule has 1 aromatic heterocycles. The average Bonchev–Trinajstić information content (AvgIpc) is 2.78. The Kier molecular flexibility index (Phi) is 8.16. The molecule has 110 valence electrons. The van der Waals surface area contributed by atoms with Crippen LogP contribution in [-0.4, -0.2) is 60.0 Å². The standard InChI is InChI=1S/C8H13N3O3.H3O4P/c12-4-7(13)8(14)10-2-1-6-3-9-5-11-6;1-5(2,3)4/h3,5,7,12-13H,1-2,4H2,(H,9,11)(H,10,14);(H3,1,2,3,4). The van der Waals surface area contributed by atoms with Gasteiger partial charge < -0.3 is 35.2 Å². The summed E-state index contributed by atoms with van der Waals surface area (Å²) < 4.78 is 8.88. The van der Waals surface area contributed by atoms with Gasteiger partial charge in [0.1, 0.15) is 0 Å². The molecule has 0 aromatic carbocycles. The van der Waals surface area contributed by atoms with E-state index in [0.29, 0.717) is 13.0 Å². The lowest BCUT2D eigenvalue weighted by atomic mass is 10.3. The van der Waals surface area contributed by atoms with Gasteiger partial charge in [0.15, 0.2) is 6.10 Å². The van der Waals surface area contributed by atoms with Crippen molar-refractivity contribution in [2.75, 3.05) is 13.2 Å². The molecule has 0 radical (unpaired) electrons. The topological polar surface area (TPSA) is 176 Å². The van der Waals surface area contributed by atoms with Crippen LogP contribution in [0.4, 0.5) is 0 Å². The van der Waals surface area contributed by atoms with Gasteiger partial charge >= 0.3 is 7.82 Å². The summed E-state index contributed by atoms with van der Waals surface area (Å²) in [4.78, 5) is 39.2. The van der Waals surface area contributed by atoms with E-state index in [1.807, 2.05) is 0 Å². The SMILES string of the molecule is O=C(NCCc1cnc[nH]1)C(O)CO.O=P(O)(O)O. The first-order chi connectivity index (χ1) is 8.74. The number of aromatic amines is 1. The third-order valence-corrected chi connectivity index (χ3v) is 1.72. The fraction of sp³-hybridized carbons (Fsp3) is 0.500. The van der Waals surface area contributed by atoms with E-state index < -0.39 is 26.4 Å². The summed E-state index contributed by atoms with van der Waals surface area (Å²) in [6, 6.07) is 0. The molecule has 0 aliphatic heterocycles. The first-order valence-corrected chi connectivity index (χ1v) is 6.62. The summed E-state index contributed by atoms with van der Waals surface area (Å²) in [7, 11) is -4.64. The van der Waals surface area contributed by atoms with Crippen LogP contribution in [0.25, 0.3) is 0 Å². The van der Waals surface area contributed by atoms with E-state index in [9.17, 15) is 4.79 Å². The van der Waals surface area contributed by atoms with E-state index >= 15 is 0 Å². The van der Waals surface area contributed by atoms with Gasteiger partial charge in [0, 0.05) is 24.9 Å². The van der Waals surface area contributed by atoms with Crippen LogP contribution < -0.4 is 5.32 Å². The molecule has 11 heteroatoms. The van der Waals surface area contributed by atoms with Crippen molar-refractivity contribution in [2.24, 2.45) is 0 Å². The van der Waals surface area contributed by atoms with Crippen molar-refractivity contribution in [1.29, 1.82) is 0 Å². The molecule has 19 heavy (non-hydrogen) atoms. The van der Waals surface area contributed by atoms with E-state index in [1.165, 1.54) is 0 Å². The number of H-pyrrole nitrogens is 1. The number of amides is 1. The Balaban J connectivity index is 0.000000555. The summed E-state index contributed by atoms with van der Waals surface area (Å²) in [6.45, 7) is -0.159. The highest BCUT2D eigenvalue weighted by atomic mass is 31.2. The molecule has 1 heterocycles. The number of rotatable bonds is 5. The monoisotopic (exact) mass is 297 g/mol. The lowest BCUT2D eigenvalue weighted by molar-refractivity contribution is -0.131. The van der Waals surface area contributed by atoms with Crippen LogP contribution in [-0.2, 0) is 15.8 Å². The lowest BCUT2D eigenvalue weighted by Gasteiger charge is -2.07. The molecule has 0 spiro atoms. The van der Waals surface area contributed by atoms with Crippen molar-refractivity contribution in [3.63, 3.8) is 0 Å². The quantitative estimate of drug-likeness (QED) is 0.291. The van der Waals surface area contributed by atoms with E-state index in [4.69, 9.17) is 29.5 Å². The zero-order chi connectivity index (χ0) is 14.9. The highest BCUT2D eigenvalue weighted by molar-refractivity contribution is 7.45. The second-order valence-electron chi connectivity index (χ2n) is 3.33. The molecule has 10 nitrogen and oxygen atoms in total. The van der Waals surface area contributed by atoms with Crippen molar-refractivity contribution < 1.29 is 34.3 Å². The van der Waals surface area contributed by atoms with Gasteiger partial charge in [0.2, 0.25) is 0 Å². The average molecular weight is 297 g/mol. The smallest absolute Gasteiger partial charge is 0.393 e. The number of hydrogen-bond donors (Lipinski definition) is 7. The largest absolute Gasteiger partial charge is 0.466 e. The number of carbonyl (C=O) groups is 1. The van der Waals surface area contributed by atoms with Gasteiger partial charge in [-0.1, -0.05) is 0 Å². The van der Waals surface area contributed by atoms with Gasteiger partial charge in [0.05, 0.1) is 12.9 Å². The fourth-order valence-corrected chi connectivity index (χ4v) is 0.942. The third kappa shape index (κ3) is 11.5. The summed E-state index contributed by atoms with van der Waals surface area (Å²) in [5.41, 5.74) is 0.906. The zero-order valence-electron chi connectivity index (χ0n) is 9.80. The minimum absolute atomic E-state index is 0.401. The molecule has 0 aliphatic carbocycles. The Morgan fingerprint density at radius 1 is 1.47 bits per heavy atom. The van der Waals surface area contributed by atoms with Crippen LogP contribution >= 0.6 is 7.82 Å². The van der Waals surface area contributed by atoms with Gasteiger partial charge in [-0.15, -0.1) is 0 Å². The van der Waals surface area contributed by atoms with E-state index in [0.717, 1.165) is 5.69 Å². The van der Waals surface area contributed by atoms with Crippen molar-refractivity contribution in [2.45, 2.75) is 12.5 Å².